The van der Waals surface area contributed by atoms with Gasteiger partial charge in [0.1, 0.15) is 17.1 Å². The molecule has 0 atom stereocenters. The van der Waals surface area contributed by atoms with Crippen molar-refractivity contribution in [2.75, 3.05) is 13.7 Å². The van der Waals surface area contributed by atoms with Crippen molar-refractivity contribution < 1.29 is 13.9 Å². The Bertz CT molecular complexity index is 750. The van der Waals surface area contributed by atoms with Crippen LogP contribution in [-0.2, 0) is 17.8 Å². The zero-order chi connectivity index (χ0) is 18.2. The number of ether oxygens (including phenoxy) is 1. The maximum absolute atomic E-state index is 11.6. The molecule has 6 nitrogen and oxygen atoms in total. The number of nitrogens with one attached hydrogen (secondary N) is 2. The first-order valence-corrected chi connectivity index (χ1v) is 8.28. The molecule has 0 spiro atoms. The number of aliphatic imine (C=N–C) groups is 1. The van der Waals surface area contributed by atoms with Crippen LogP contribution in [0.5, 0.6) is 0 Å². The Hall–Kier alpha value is -2.76. The van der Waals surface area contributed by atoms with Gasteiger partial charge in [0.05, 0.1) is 20.2 Å². The maximum Gasteiger partial charge on any atom is 0.341 e. The van der Waals surface area contributed by atoms with Crippen molar-refractivity contribution in [3.05, 3.63) is 58.5 Å². The Kier molecular flexibility index (Phi) is 6.62. The van der Waals surface area contributed by atoms with E-state index in [9.17, 15) is 4.79 Å². The number of esters is 1. The van der Waals surface area contributed by atoms with Crippen molar-refractivity contribution in [3.63, 3.8) is 0 Å². The summed E-state index contributed by atoms with van der Waals surface area (Å²) in [7, 11) is 1.36. The average Bonchev–Trinajstić information content (AvgIpc) is 2.97. The highest BCUT2D eigenvalue weighted by Gasteiger charge is 2.15. The molecular formula is C19H25N3O3. The molecule has 134 valence electrons. The molecule has 0 aliphatic carbocycles. The van der Waals surface area contributed by atoms with Crippen molar-refractivity contribution in [3.8, 4) is 0 Å². The Morgan fingerprint density at radius 1 is 1.24 bits per heavy atom. The molecule has 2 N–H and O–H groups in total. The lowest BCUT2D eigenvalue weighted by Gasteiger charge is -2.10. The Balaban J connectivity index is 2.01. The van der Waals surface area contributed by atoms with Crippen LogP contribution >= 0.6 is 0 Å². The summed E-state index contributed by atoms with van der Waals surface area (Å²) in [6.45, 7) is 7.58. The monoisotopic (exact) mass is 343 g/mol. The fourth-order valence-electron chi connectivity index (χ4n) is 2.44. The van der Waals surface area contributed by atoms with Crippen LogP contribution in [0.25, 0.3) is 0 Å². The third-order valence-electron chi connectivity index (χ3n) is 3.65. The molecule has 1 aromatic carbocycles. The highest BCUT2D eigenvalue weighted by molar-refractivity contribution is 5.90. The van der Waals surface area contributed by atoms with E-state index in [1.54, 1.807) is 13.0 Å². The van der Waals surface area contributed by atoms with E-state index >= 15 is 0 Å². The maximum atomic E-state index is 11.6. The second kappa shape index (κ2) is 8.92. The molecule has 1 heterocycles. The second-order valence-corrected chi connectivity index (χ2v) is 5.71. The third kappa shape index (κ3) is 5.38. The Morgan fingerprint density at radius 2 is 2.04 bits per heavy atom. The number of carbonyl (C=O) groups excluding carboxylic acids is 1. The van der Waals surface area contributed by atoms with E-state index < -0.39 is 5.97 Å². The fourth-order valence-corrected chi connectivity index (χ4v) is 2.44. The Morgan fingerprint density at radius 3 is 2.72 bits per heavy atom. The normalized spacial score (nSPS) is 11.3. The van der Waals surface area contributed by atoms with Gasteiger partial charge in [-0.3, -0.25) is 0 Å². The van der Waals surface area contributed by atoms with Crippen LogP contribution < -0.4 is 10.6 Å². The first-order chi connectivity index (χ1) is 12.0. The molecule has 0 radical (unpaired) electrons. The smallest absolute Gasteiger partial charge is 0.341 e. The number of carbonyl (C=O) groups is 1. The van der Waals surface area contributed by atoms with Gasteiger partial charge in [0.15, 0.2) is 5.96 Å². The van der Waals surface area contributed by atoms with E-state index in [4.69, 9.17) is 9.15 Å². The van der Waals surface area contributed by atoms with Crippen LogP contribution in [-0.4, -0.2) is 25.6 Å². The number of aryl methyl sites for hydroxylation is 2. The molecule has 0 unspecified atom stereocenters. The number of rotatable bonds is 6. The van der Waals surface area contributed by atoms with Crippen molar-refractivity contribution >= 4 is 11.9 Å². The minimum atomic E-state index is -0.396. The van der Waals surface area contributed by atoms with E-state index in [0.29, 0.717) is 36.1 Å². The SMILES string of the molecule is CCNC(=NCc1cccc(C)c1)NCc1cc(C(=O)OC)c(C)o1. The van der Waals surface area contributed by atoms with Crippen molar-refractivity contribution in [2.45, 2.75) is 33.9 Å². The van der Waals surface area contributed by atoms with Gasteiger partial charge in [0.25, 0.3) is 0 Å². The first-order valence-electron chi connectivity index (χ1n) is 8.28. The number of hydrogen-bond donors (Lipinski definition) is 2. The molecule has 0 bridgehead atoms. The topological polar surface area (TPSA) is 75.9 Å². The zero-order valence-electron chi connectivity index (χ0n) is 15.2. The standard InChI is InChI=1S/C19H25N3O3/c1-5-20-19(21-11-15-8-6-7-13(2)9-15)22-12-16-10-17(14(3)25-16)18(23)24-4/h6-10H,5,11-12H2,1-4H3,(H2,20,21,22). The Labute approximate surface area is 148 Å². The summed E-state index contributed by atoms with van der Waals surface area (Å²) < 4.78 is 10.3. The average molecular weight is 343 g/mol. The fraction of sp³-hybridized carbons (Fsp3) is 0.368. The van der Waals surface area contributed by atoms with Crippen LogP contribution in [0.15, 0.2) is 39.7 Å². The van der Waals surface area contributed by atoms with Crippen molar-refractivity contribution in [1.29, 1.82) is 0 Å². The summed E-state index contributed by atoms with van der Waals surface area (Å²) in [5, 5.41) is 6.41. The lowest BCUT2D eigenvalue weighted by Crippen LogP contribution is -2.36. The molecule has 0 fully saturated rings. The van der Waals surface area contributed by atoms with E-state index in [-0.39, 0.29) is 0 Å². The summed E-state index contributed by atoms with van der Waals surface area (Å²) >= 11 is 0. The zero-order valence-corrected chi connectivity index (χ0v) is 15.2. The van der Waals surface area contributed by atoms with Crippen LogP contribution in [0.4, 0.5) is 0 Å². The summed E-state index contributed by atoms with van der Waals surface area (Å²) in [6, 6.07) is 9.96. The molecular weight excluding hydrogens is 318 g/mol. The molecule has 2 aromatic rings. The van der Waals surface area contributed by atoms with Gasteiger partial charge in [-0.05, 0) is 32.4 Å². The number of nitrogens with zero attached hydrogens (tertiary/aromatic N) is 1. The first kappa shape index (κ1) is 18.6. The molecule has 0 saturated heterocycles. The van der Waals surface area contributed by atoms with Crippen LogP contribution in [0.1, 0.15) is 39.9 Å². The molecule has 0 aliphatic heterocycles. The number of methoxy groups -OCH3 is 1. The third-order valence-corrected chi connectivity index (χ3v) is 3.65. The van der Waals surface area contributed by atoms with Crippen molar-refractivity contribution in [2.24, 2.45) is 4.99 Å². The lowest BCUT2D eigenvalue weighted by atomic mass is 10.1. The molecule has 0 aliphatic rings. The summed E-state index contributed by atoms with van der Waals surface area (Å²) in [5.74, 6) is 1.50. The lowest BCUT2D eigenvalue weighted by molar-refractivity contribution is 0.0599. The summed E-state index contributed by atoms with van der Waals surface area (Å²) in [6.07, 6.45) is 0. The quantitative estimate of drug-likeness (QED) is 0.479. The van der Waals surface area contributed by atoms with Gasteiger partial charge >= 0.3 is 5.97 Å². The van der Waals surface area contributed by atoms with Crippen molar-refractivity contribution in [1.82, 2.24) is 10.6 Å². The van der Waals surface area contributed by atoms with Crippen LogP contribution in [0.3, 0.4) is 0 Å². The van der Waals surface area contributed by atoms with E-state index in [1.807, 2.05) is 13.0 Å². The number of hydrogen-bond acceptors (Lipinski definition) is 4. The van der Waals surface area contributed by atoms with Crippen LogP contribution in [0.2, 0.25) is 0 Å². The van der Waals surface area contributed by atoms with E-state index in [2.05, 4.69) is 40.7 Å². The molecule has 6 heteroatoms. The number of benzene rings is 1. The molecule has 0 saturated carbocycles. The summed E-state index contributed by atoms with van der Waals surface area (Å²) in [4.78, 5) is 16.2. The van der Waals surface area contributed by atoms with Crippen LogP contribution in [0, 0.1) is 13.8 Å². The van der Waals surface area contributed by atoms with E-state index in [1.165, 1.54) is 12.7 Å². The predicted octanol–water partition coefficient (Wildman–Crippen LogP) is 2.94. The highest BCUT2D eigenvalue weighted by atomic mass is 16.5. The van der Waals surface area contributed by atoms with E-state index in [0.717, 1.165) is 12.1 Å². The van der Waals surface area contributed by atoms with Gasteiger partial charge in [-0.15, -0.1) is 0 Å². The van der Waals surface area contributed by atoms with Gasteiger partial charge in [0.2, 0.25) is 0 Å². The van der Waals surface area contributed by atoms with Gasteiger partial charge in [0, 0.05) is 6.54 Å². The van der Waals surface area contributed by atoms with Gasteiger partial charge < -0.3 is 19.8 Å². The predicted molar refractivity (Wildman–Crippen MR) is 97.6 cm³/mol. The molecule has 0 amide bonds. The number of furan rings is 1. The highest BCUT2D eigenvalue weighted by Crippen LogP contribution is 2.15. The van der Waals surface area contributed by atoms with Gasteiger partial charge in [-0.1, -0.05) is 29.8 Å². The number of guanidine groups is 1. The second-order valence-electron chi connectivity index (χ2n) is 5.71. The minimum Gasteiger partial charge on any atom is -0.465 e. The van der Waals surface area contributed by atoms with Gasteiger partial charge in [-0.25, -0.2) is 9.79 Å². The van der Waals surface area contributed by atoms with Gasteiger partial charge in [-0.2, -0.15) is 0 Å². The molecule has 2 rings (SSSR count). The largest absolute Gasteiger partial charge is 0.465 e. The molecule has 1 aromatic heterocycles. The minimum absolute atomic E-state index is 0.396. The molecule has 25 heavy (non-hydrogen) atoms. The summed E-state index contributed by atoms with van der Waals surface area (Å²) in [5.41, 5.74) is 2.81.